The second kappa shape index (κ2) is 9.86. The molecule has 3 aliphatic rings. The molecule has 5 amide bonds. The molecule has 36 heavy (non-hydrogen) atoms. The van der Waals surface area contributed by atoms with Crippen LogP contribution in [0.5, 0.6) is 0 Å². The number of hydrogen-bond donors (Lipinski definition) is 4. The van der Waals surface area contributed by atoms with Gasteiger partial charge in [-0.2, -0.15) is 0 Å². The van der Waals surface area contributed by atoms with Gasteiger partial charge in [-0.3, -0.25) is 19.2 Å². The van der Waals surface area contributed by atoms with E-state index >= 15 is 0 Å². The van der Waals surface area contributed by atoms with E-state index in [1.807, 2.05) is 20.8 Å². The van der Waals surface area contributed by atoms with Crippen molar-refractivity contribution in [1.29, 1.82) is 0 Å². The fourth-order valence-corrected chi connectivity index (χ4v) is 5.60. The first-order valence-corrected chi connectivity index (χ1v) is 12.7. The predicted molar refractivity (Wildman–Crippen MR) is 134 cm³/mol. The number of carbonyl (C=O) groups is 5. The quantitative estimate of drug-likeness (QED) is 0.276. The van der Waals surface area contributed by atoms with E-state index in [9.17, 15) is 24.0 Å². The van der Waals surface area contributed by atoms with Gasteiger partial charge in [-0.1, -0.05) is 39.7 Å². The highest BCUT2D eigenvalue weighted by molar-refractivity contribution is 6.37. The molecule has 0 spiro atoms. The summed E-state index contributed by atoms with van der Waals surface area (Å²) < 4.78 is 0. The normalized spacial score (nSPS) is 26.1. The van der Waals surface area contributed by atoms with E-state index in [-0.39, 0.29) is 23.2 Å². The van der Waals surface area contributed by atoms with Crippen LogP contribution in [0.1, 0.15) is 67.2 Å². The van der Waals surface area contributed by atoms with E-state index in [0.29, 0.717) is 18.5 Å². The number of hydrogen-bond acceptors (Lipinski definition) is 5. The number of Topliss-reactive ketones (excluding diaryl/α,β-unsaturated/α-hetero) is 1. The number of likely N-dealkylation sites (tertiary alicyclic amines) is 1. The van der Waals surface area contributed by atoms with Gasteiger partial charge in [-0.15, -0.1) is 0 Å². The summed E-state index contributed by atoms with van der Waals surface area (Å²) in [6.45, 7) is 15.5. The van der Waals surface area contributed by atoms with Gasteiger partial charge >= 0.3 is 6.03 Å². The van der Waals surface area contributed by atoms with Crippen molar-refractivity contribution in [2.45, 2.75) is 90.9 Å². The Morgan fingerprint density at radius 2 is 1.72 bits per heavy atom. The average molecular weight is 504 g/mol. The molecule has 10 heteroatoms. The number of primary amides is 1. The number of fused-ring (bicyclic) bond motifs is 1. The van der Waals surface area contributed by atoms with Crippen LogP contribution in [0.2, 0.25) is 0 Å². The van der Waals surface area contributed by atoms with Gasteiger partial charge in [0.25, 0.3) is 5.91 Å². The van der Waals surface area contributed by atoms with E-state index in [1.54, 1.807) is 6.92 Å². The Hall–Kier alpha value is -2.91. The Labute approximate surface area is 213 Å². The summed E-state index contributed by atoms with van der Waals surface area (Å²) in [5.41, 5.74) is 5.05. The molecule has 1 heterocycles. The monoisotopic (exact) mass is 503 g/mol. The first-order chi connectivity index (χ1) is 16.5. The zero-order valence-electron chi connectivity index (χ0n) is 22.3. The maximum absolute atomic E-state index is 13.6. The number of piperidine rings is 1. The zero-order valence-corrected chi connectivity index (χ0v) is 22.3. The van der Waals surface area contributed by atoms with E-state index in [1.165, 1.54) is 4.90 Å². The standard InChI is InChI=1S/C26H41N5O5/c1-13(2)18(29-24(36)30-25(3,4)5)23(35)31-12-15-17(26(15,6)7)19(31)22(34)28-16(20(32)21(27)33)11-14-9-8-10-14/h14-19H,1,8-12H2,2-7H3,(H2,27,33)(H,28,34)(H2,29,30,36)/t15?,16-,17-,18-,19-/m0/s1. The summed E-state index contributed by atoms with van der Waals surface area (Å²) in [6, 6.07) is -3.36. The molecule has 200 valence electrons. The Bertz CT molecular complexity index is 964. The van der Waals surface area contributed by atoms with Crippen LogP contribution < -0.4 is 21.7 Å². The summed E-state index contributed by atoms with van der Waals surface area (Å²) in [7, 11) is 0. The second-order valence-electron chi connectivity index (χ2n) is 12.3. The van der Waals surface area contributed by atoms with Crippen molar-refractivity contribution < 1.29 is 24.0 Å². The molecule has 0 aromatic rings. The Balaban J connectivity index is 1.80. The summed E-state index contributed by atoms with van der Waals surface area (Å²) in [5.74, 6) is -2.53. The lowest BCUT2D eigenvalue weighted by atomic mass is 9.80. The largest absolute Gasteiger partial charge is 0.363 e. The minimum absolute atomic E-state index is 0.0938. The number of urea groups is 1. The van der Waals surface area contributed by atoms with Gasteiger partial charge in [0.15, 0.2) is 0 Å². The molecule has 2 saturated carbocycles. The zero-order chi connectivity index (χ0) is 27.2. The van der Waals surface area contributed by atoms with Crippen molar-refractivity contribution in [1.82, 2.24) is 20.9 Å². The van der Waals surface area contributed by atoms with E-state index in [2.05, 4.69) is 36.4 Å². The third-order valence-electron chi connectivity index (χ3n) is 7.93. The van der Waals surface area contributed by atoms with Gasteiger partial charge in [0.05, 0.1) is 6.04 Å². The van der Waals surface area contributed by atoms with Gasteiger partial charge in [-0.05, 0) is 62.9 Å². The lowest BCUT2D eigenvalue weighted by Gasteiger charge is -2.35. The van der Waals surface area contributed by atoms with Crippen LogP contribution in [0.4, 0.5) is 4.79 Å². The van der Waals surface area contributed by atoms with Gasteiger partial charge < -0.3 is 26.6 Å². The molecule has 1 unspecified atom stereocenters. The number of amides is 5. The Morgan fingerprint density at radius 1 is 1.11 bits per heavy atom. The lowest BCUT2D eigenvalue weighted by molar-refractivity contribution is -0.143. The molecule has 3 rings (SSSR count). The summed E-state index contributed by atoms with van der Waals surface area (Å²) in [4.78, 5) is 65.4. The molecule has 1 aliphatic heterocycles. The highest BCUT2D eigenvalue weighted by Gasteiger charge is 2.69. The molecule has 2 aliphatic carbocycles. The van der Waals surface area contributed by atoms with Crippen LogP contribution >= 0.6 is 0 Å². The molecule has 0 aromatic carbocycles. The van der Waals surface area contributed by atoms with Crippen LogP contribution in [0.25, 0.3) is 0 Å². The molecule has 3 fully saturated rings. The Kier molecular flexibility index (Phi) is 7.58. The molecule has 0 bridgehead atoms. The predicted octanol–water partition coefficient (Wildman–Crippen LogP) is 1.24. The molecular formula is C26H41N5O5. The Morgan fingerprint density at radius 3 is 2.19 bits per heavy atom. The van der Waals surface area contributed by atoms with Crippen molar-refractivity contribution in [3.05, 3.63) is 12.2 Å². The fourth-order valence-electron chi connectivity index (χ4n) is 5.60. The molecule has 0 radical (unpaired) electrons. The molecule has 5 atom stereocenters. The smallest absolute Gasteiger partial charge is 0.316 e. The summed E-state index contributed by atoms with van der Waals surface area (Å²) in [5, 5.41) is 8.21. The van der Waals surface area contributed by atoms with Crippen LogP contribution in [0.3, 0.4) is 0 Å². The highest BCUT2D eigenvalue weighted by Crippen LogP contribution is 2.65. The minimum Gasteiger partial charge on any atom is -0.363 e. The van der Waals surface area contributed by atoms with Crippen LogP contribution in [-0.2, 0) is 19.2 Å². The second-order valence-corrected chi connectivity index (χ2v) is 12.3. The van der Waals surface area contributed by atoms with E-state index in [4.69, 9.17) is 5.73 Å². The van der Waals surface area contributed by atoms with Crippen LogP contribution in [0, 0.1) is 23.2 Å². The first kappa shape index (κ1) is 27.7. The fraction of sp³-hybridized carbons (Fsp3) is 0.731. The number of carbonyl (C=O) groups excluding carboxylic acids is 5. The molecule has 5 N–H and O–H groups in total. The topological polar surface area (TPSA) is 151 Å². The summed E-state index contributed by atoms with van der Waals surface area (Å²) >= 11 is 0. The average Bonchev–Trinajstić information content (AvgIpc) is 3.06. The lowest BCUT2D eigenvalue weighted by Crippen LogP contribution is -2.59. The van der Waals surface area contributed by atoms with Crippen molar-refractivity contribution in [3.8, 4) is 0 Å². The molecular weight excluding hydrogens is 462 g/mol. The van der Waals surface area contributed by atoms with Crippen molar-refractivity contribution in [3.63, 3.8) is 0 Å². The summed E-state index contributed by atoms with van der Waals surface area (Å²) in [6.07, 6.45) is 3.28. The first-order valence-electron chi connectivity index (χ1n) is 12.7. The van der Waals surface area contributed by atoms with Gasteiger partial charge in [0.2, 0.25) is 17.6 Å². The number of nitrogens with zero attached hydrogens (tertiary/aromatic N) is 1. The maximum Gasteiger partial charge on any atom is 0.316 e. The third-order valence-corrected chi connectivity index (χ3v) is 7.93. The van der Waals surface area contributed by atoms with Crippen molar-refractivity contribution in [2.75, 3.05) is 6.54 Å². The molecule has 1 saturated heterocycles. The van der Waals surface area contributed by atoms with Crippen LogP contribution in [0.15, 0.2) is 12.2 Å². The van der Waals surface area contributed by atoms with Gasteiger partial charge in [-0.25, -0.2) is 4.79 Å². The maximum atomic E-state index is 13.6. The third kappa shape index (κ3) is 5.73. The van der Waals surface area contributed by atoms with E-state index in [0.717, 1.165) is 19.3 Å². The SMILES string of the molecule is C=C(C)[C@H](NC(=O)NC(C)(C)C)C(=O)N1CC2[C@@H]([C@H]1C(=O)N[C@@H](CC1CCC1)C(=O)C(N)=O)C2(C)C. The number of rotatable bonds is 9. The van der Waals surface area contributed by atoms with Gasteiger partial charge in [0, 0.05) is 12.1 Å². The van der Waals surface area contributed by atoms with Gasteiger partial charge in [0.1, 0.15) is 12.1 Å². The van der Waals surface area contributed by atoms with E-state index < -0.39 is 53.2 Å². The van der Waals surface area contributed by atoms with Crippen molar-refractivity contribution in [2.24, 2.45) is 28.9 Å². The minimum atomic E-state index is -1.08. The van der Waals surface area contributed by atoms with Crippen molar-refractivity contribution >= 4 is 29.5 Å². The molecule has 10 nitrogen and oxygen atoms in total. The number of nitrogens with two attached hydrogens (primary N) is 1. The number of nitrogens with one attached hydrogen (secondary N) is 3. The van der Waals surface area contributed by atoms with Crippen LogP contribution in [-0.4, -0.2) is 64.6 Å². The highest BCUT2D eigenvalue weighted by atomic mass is 16.2. The number of ketones is 1. The molecule has 0 aromatic heterocycles.